The van der Waals surface area contributed by atoms with Crippen LogP contribution in [-0.2, 0) is 19.0 Å². The van der Waals surface area contributed by atoms with E-state index in [1.807, 2.05) is 0 Å². The molecule has 0 bridgehead atoms. The summed E-state index contributed by atoms with van der Waals surface area (Å²) < 4.78 is 18.6. The van der Waals surface area contributed by atoms with Crippen LogP contribution in [0.5, 0.6) is 0 Å². The number of thiocarbonyl (C=S) groups is 1. The van der Waals surface area contributed by atoms with Gasteiger partial charge in [0, 0.05) is 68.4 Å². The Morgan fingerprint density at radius 3 is 2.36 bits per heavy atom. The van der Waals surface area contributed by atoms with Gasteiger partial charge in [0.25, 0.3) is 5.17 Å². The molecule has 2 rings (SSSR count). The molecule has 0 spiro atoms. The standard InChI is InChI=1S/C25H41N4O5S.Ac/c1-7-10-16(11-8-2)20(26)19-18(28-23(31)34-25(4,5)6)14-17(22(30)32-9-3)21(19)33-24(35)29-13-12-27-15-29;/h12-13,15-21,26H,7-11,14H2,1-6H3,(H,28,31);/q-1;/t17-,18+,19+,20?,21+;/m0./s1. The first-order chi connectivity index (χ1) is 16.5. The van der Waals surface area contributed by atoms with Crippen molar-refractivity contribution in [3.63, 3.8) is 0 Å². The van der Waals surface area contributed by atoms with E-state index < -0.39 is 47.7 Å². The predicted molar refractivity (Wildman–Crippen MR) is 138 cm³/mol. The molecular formula is C25H41AcN4O5S-. The van der Waals surface area contributed by atoms with Gasteiger partial charge in [-0.05, 0) is 46.3 Å². The number of aromatic nitrogens is 2. The van der Waals surface area contributed by atoms with Gasteiger partial charge in [-0.15, -0.1) is 6.04 Å². The van der Waals surface area contributed by atoms with Crippen molar-refractivity contribution in [1.29, 1.82) is 0 Å². The van der Waals surface area contributed by atoms with Gasteiger partial charge in [-0.3, -0.25) is 9.36 Å². The summed E-state index contributed by atoms with van der Waals surface area (Å²) in [6.07, 6.45) is 7.37. The fraction of sp³-hybridized carbons (Fsp3) is 0.760. The molecule has 0 aliphatic heterocycles. The number of nitrogens with one attached hydrogen (secondary N) is 2. The summed E-state index contributed by atoms with van der Waals surface area (Å²) in [5.41, 5.74) is 8.61. The SMILES string of the molecule is CCCC(CCC)C([NH-])[C@@H]1[C@H](OC(=S)n2ccnc2)[C@@H](C(=O)OCC)C[C@H]1NC(=O)OC(C)(C)C.[Ac]. The molecule has 5 atom stereocenters. The van der Waals surface area contributed by atoms with E-state index in [0.29, 0.717) is 0 Å². The molecule has 36 heavy (non-hydrogen) atoms. The second-order valence-electron chi connectivity index (χ2n) is 10.1. The molecule has 1 aromatic heterocycles. The van der Waals surface area contributed by atoms with Gasteiger partial charge in [-0.2, -0.15) is 0 Å². The number of hydrogen-bond acceptors (Lipinski definition) is 7. The van der Waals surface area contributed by atoms with Crippen molar-refractivity contribution < 1.29 is 67.9 Å². The fourth-order valence-corrected chi connectivity index (χ4v) is 5.09. The van der Waals surface area contributed by atoms with Crippen molar-refractivity contribution in [2.45, 2.75) is 97.4 Å². The van der Waals surface area contributed by atoms with Crippen molar-refractivity contribution in [2.24, 2.45) is 17.8 Å². The topological polar surface area (TPSA) is 115 Å². The van der Waals surface area contributed by atoms with Crippen molar-refractivity contribution in [2.75, 3.05) is 6.61 Å². The van der Waals surface area contributed by atoms with E-state index >= 15 is 0 Å². The molecule has 9 nitrogen and oxygen atoms in total. The number of rotatable bonds is 10. The number of ether oxygens (including phenoxy) is 3. The Balaban J connectivity index is 0.00000648. The molecule has 1 heterocycles. The van der Waals surface area contributed by atoms with E-state index in [2.05, 4.69) is 24.1 Å². The van der Waals surface area contributed by atoms with Crippen LogP contribution in [0.4, 0.5) is 4.79 Å². The van der Waals surface area contributed by atoms with Crippen LogP contribution in [0.15, 0.2) is 18.7 Å². The zero-order valence-corrected chi connectivity index (χ0v) is 27.9. The van der Waals surface area contributed by atoms with Crippen LogP contribution in [0.25, 0.3) is 5.73 Å². The van der Waals surface area contributed by atoms with E-state index in [1.54, 1.807) is 44.7 Å². The molecule has 0 saturated heterocycles. The summed E-state index contributed by atoms with van der Waals surface area (Å²) in [6.45, 7) is 11.6. The van der Waals surface area contributed by atoms with Gasteiger partial charge in [0.05, 0.1) is 12.5 Å². The number of nitrogens with zero attached hydrogens (tertiary/aromatic N) is 2. The second-order valence-corrected chi connectivity index (χ2v) is 10.5. The summed E-state index contributed by atoms with van der Waals surface area (Å²) >= 11 is 5.50. The Labute approximate surface area is 256 Å². The Morgan fingerprint density at radius 2 is 1.86 bits per heavy atom. The van der Waals surface area contributed by atoms with Gasteiger partial charge in [0.15, 0.2) is 0 Å². The molecular weight excluding hydrogens is 695 g/mol. The molecule has 1 saturated carbocycles. The second kappa shape index (κ2) is 15.6. The molecule has 1 aliphatic carbocycles. The fourth-order valence-electron chi connectivity index (χ4n) is 4.87. The maximum absolute atomic E-state index is 13.0. The number of imidazole rings is 1. The smallest absolute Gasteiger partial charge is 0.407 e. The zero-order valence-electron chi connectivity index (χ0n) is 22.4. The summed E-state index contributed by atoms with van der Waals surface area (Å²) in [6, 6.07) is -1.08. The molecule has 1 aliphatic rings. The Hall–Kier alpha value is -0.758. The van der Waals surface area contributed by atoms with Crippen molar-refractivity contribution >= 4 is 29.5 Å². The van der Waals surface area contributed by atoms with Crippen molar-refractivity contribution in [1.82, 2.24) is 14.9 Å². The summed E-state index contributed by atoms with van der Waals surface area (Å²) in [5.74, 6) is -1.49. The van der Waals surface area contributed by atoms with Crippen LogP contribution in [0, 0.1) is 61.8 Å². The maximum atomic E-state index is 13.0. The normalized spacial score (nSPS) is 22.4. The quantitative estimate of drug-likeness (QED) is 0.262. The number of alkyl carbamates (subject to hydrolysis) is 1. The number of carbonyl (C=O) groups is 2. The molecule has 1 radical (unpaired) electrons. The third-order valence-corrected chi connectivity index (χ3v) is 6.54. The largest absolute Gasteiger partial charge is 0.674 e. The number of carbonyl (C=O) groups excluding carboxylic acids is 2. The Kier molecular flexibility index (Phi) is 14.4. The van der Waals surface area contributed by atoms with Crippen molar-refractivity contribution in [3.8, 4) is 0 Å². The van der Waals surface area contributed by atoms with Gasteiger partial charge < -0.3 is 25.3 Å². The molecule has 1 unspecified atom stereocenters. The molecule has 11 heteroatoms. The van der Waals surface area contributed by atoms with Crippen LogP contribution >= 0.6 is 12.2 Å². The average molecular weight is 737 g/mol. The minimum absolute atomic E-state index is 0. The van der Waals surface area contributed by atoms with Gasteiger partial charge in [0.2, 0.25) is 0 Å². The maximum Gasteiger partial charge on any atom is 0.407 e. The molecule has 201 valence electrons. The van der Waals surface area contributed by atoms with Crippen LogP contribution in [0.3, 0.4) is 0 Å². The Bertz CT molecular complexity index is 827. The first-order valence-electron chi connectivity index (χ1n) is 12.6. The van der Waals surface area contributed by atoms with Gasteiger partial charge in [-0.25, -0.2) is 9.78 Å². The average Bonchev–Trinajstić information content (AvgIpc) is 3.41. The van der Waals surface area contributed by atoms with E-state index in [-0.39, 0.29) is 68.2 Å². The predicted octanol–water partition coefficient (Wildman–Crippen LogP) is 5.13. The number of hydrogen-bond donors (Lipinski definition) is 1. The number of amides is 1. The van der Waals surface area contributed by atoms with E-state index in [4.69, 9.17) is 26.4 Å². The molecule has 1 fully saturated rings. The molecule has 0 aromatic carbocycles. The summed E-state index contributed by atoms with van der Waals surface area (Å²) in [7, 11) is 0. The van der Waals surface area contributed by atoms with Gasteiger partial charge >= 0.3 is 12.1 Å². The molecule has 1 aromatic rings. The summed E-state index contributed by atoms with van der Waals surface area (Å²) in [4.78, 5) is 29.7. The van der Waals surface area contributed by atoms with E-state index in [9.17, 15) is 15.3 Å². The van der Waals surface area contributed by atoms with Gasteiger partial charge in [0.1, 0.15) is 18.0 Å². The van der Waals surface area contributed by atoms with Crippen molar-refractivity contribution in [3.05, 3.63) is 24.5 Å². The zero-order chi connectivity index (χ0) is 26.2. The third kappa shape index (κ3) is 9.52. The summed E-state index contributed by atoms with van der Waals surface area (Å²) in [5, 5.41) is 3.08. The first kappa shape index (κ1) is 33.3. The molecule has 2 N–H and O–H groups in total. The molecule has 1 amide bonds. The van der Waals surface area contributed by atoms with Gasteiger partial charge in [-0.1, -0.05) is 45.4 Å². The van der Waals surface area contributed by atoms with Crippen LogP contribution < -0.4 is 5.32 Å². The first-order valence-corrected chi connectivity index (χ1v) is 13.0. The third-order valence-electron chi connectivity index (χ3n) is 6.23. The minimum atomic E-state index is -0.734. The number of esters is 1. The van der Waals surface area contributed by atoms with Crippen LogP contribution in [-0.4, -0.2) is 57.2 Å². The monoisotopic (exact) mass is 736 g/mol. The van der Waals surface area contributed by atoms with Crippen LogP contribution in [0.1, 0.15) is 73.6 Å². The minimum Gasteiger partial charge on any atom is -0.674 e. The Morgan fingerprint density at radius 1 is 1.22 bits per heavy atom. The van der Waals surface area contributed by atoms with Crippen LogP contribution in [0.2, 0.25) is 0 Å². The van der Waals surface area contributed by atoms with E-state index in [0.717, 1.165) is 25.7 Å². The van der Waals surface area contributed by atoms with E-state index in [1.165, 1.54) is 6.33 Å².